The van der Waals surface area contributed by atoms with Crippen molar-refractivity contribution in [2.24, 2.45) is 0 Å². The molecule has 0 aliphatic heterocycles. The van der Waals surface area contributed by atoms with Gasteiger partial charge in [0, 0.05) is 12.7 Å². The van der Waals surface area contributed by atoms with Gasteiger partial charge < -0.3 is 15.8 Å². The highest BCUT2D eigenvalue weighted by Gasteiger charge is 2.20. The molecule has 3 rings (SSSR count). The third-order valence-corrected chi connectivity index (χ3v) is 5.87. The quantitative estimate of drug-likeness (QED) is 0.588. The van der Waals surface area contributed by atoms with Gasteiger partial charge in [0.1, 0.15) is 5.75 Å². The van der Waals surface area contributed by atoms with Gasteiger partial charge in [0.25, 0.3) is 5.91 Å². The van der Waals surface area contributed by atoms with Crippen LogP contribution in [0.5, 0.6) is 5.75 Å². The monoisotopic (exact) mass is 425 g/mol. The highest BCUT2D eigenvalue weighted by atomic mass is 32.2. The molecule has 3 aromatic rings. The lowest BCUT2D eigenvalue weighted by molar-refractivity contribution is 0.102. The Hall–Kier alpha value is -3.52. The fourth-order valence-electron chi connectivity index (χ4n) is 2.97. The number of nitrogens with zero attached hydrogens (tertiary/aromatic N) is 1. The first-order chi connectivity index (χ1) is 14.2. The molecule has 0 aromatic heterocycles. The maximum Gasteiger partial charge on any atom is 0.259 e. The molecule has 156 valence electrons. The third kappa shape index (κ3) is 4.55. The number of rotatable bonds is 6. The highest BCUT2D eigenvalue weighted by molar-refractivity contribution is 7.92. The molecule has 0 spiro atoms. The molecular formula is C22H23N3O4S. The average Bonchev–Trinajstić information content (AvgIpc) is 2.73. The van der Waals surface area contributed by atoms with E-state index in [9.17, 15) is 13.2 Å². The summed E-state index contributed by atoms with van der Waals surface area (Å²) in [5.41, 5.74) is 9.12. The van der Waals surface area contributed by atoms with Crippen molar-refractivity contribution in [1.29, 1.82) is 0 Å². The van der Waals surface area contributed by atoms with Crippen molar-refractivity contribution in [1.82, 2.24) is 0 Å². The molecule has 0 unspecified atom stereocenters. The molecule has 0 aliphatic rings. The van der Waals surface area contributed by atoms with Gasteiger partial charge >= 0.3 is 0 Å². The first-order valence-electron chi connectivity index (χ1n) is 9.09. The Kier molecular flexibility index (Phi) is 5.98. The van der Waals surface area contributed by atoms with E-state index in [0.29, 0.717) is 28.4 Å². The van der Waals surface area contributed by atoms with Gasteiger partial charge in [-0.2, -0.15) is 0 Å². The van der Waals surface area contributed by atoms with Gasteiger partial charge in [-0.3, -0.25) is 9.10 Å². The van der Waals surface area contributed by atoms with Gasteiger partial charge in [-0.15, -0.1) is 0 Å². The Labute approximate surface area is 176 Å². The standard InChI is InChI=1S/C22H23N3O4S/c1-25(30(3,27)28)20-13-10-16(15-8-11-17(23)12-9-15)14-19(20)24-22(26)18-6-4-5-7-21(18)29-2/h4-14H,23H2,1-3H3,(H,24,26). The van der Waals surface area contributed by atoms with Gasteiger partial charge in [0.05, 0.1) is 30.3 Å². The molecule has 0 bridgehead atoms. The average molecular weight is 426 g/mol. The lowest BCUT2D eigenvalue weighted by atomic mass is 10.0. The summed E-state index contributed by atoms with van der Waals surface area (Å²) < 4.78 is 30.6. The number of benzene rings is 3. The predicted molar refractivity (Wildman–Crippen MR) is 120 cm³/mol. The second-order valence-electron chi connectivity index (χ2n) is 6.74. The fourth-order valence-corrected chi connectivity index (χ4v) is 3.48. The molecule has 1 amide bonds. The van der Waals surface area contributed by atoms with Crippen molar-refractivity contribution in [2.75, 3.05) is 35.8 Å². The Morgan fingerprint density at radius 2 is 1.63 bits per heavy atom. The van der Waals surface area contributed by atoms with Crippen LogP contribution >= 0.6 is 0 Å². The number of ether oxygens (including phenoxy) is 1. The van der Waals surface area contributed by atoms with Crippen molar-refractivity contribution in [3.63, 3.8) is 0 Å². The van der Waals surface area contributed by atoms with Crippen LogP contribution in [-0.4, -0.2) is 34.7 Å². The predicted octanol–water partition coefficient (Wildman–Crippen LogP) is 3.59. The van der Waals surface area contributed by atoms with Crippen LogP contribution in [0.15, 0.2) is 66.7 Å². The van der Waals surface area contributed by atoms with E-state index in [-0.39, 0.29) is 0 Å². The summed E-state index contributed by atoms with van der Waals surface area (Å²) in [4.78, 5) is 12.9. The zero-order chi connectivity index (χ0) is 21.9. The van der Waals surface area contributed by atoms with Crippen molar-refractivity contribution < 1.29 is 17.9 Å². The number of anilines is 3. The summed E-state index contributed by atoms with van der Waals surface area (Å²) in [7, 11) is -0.614. The van der Waals surface area contributed by atoms with Crippen LogP contribution < -0.4 is 20.1 Å². The normalized spacial score (nSPS) is 11.0. The highest BCUT2D eigenvalue weighted by Crippen LogP contribution is 2.33. The van der Waals surface area contributed by atoms with Crippen LogP contribution in [0.2, 0.25) is 0 Å². The van der Waals surface area contributed by atoms with Gasteiger partial charge in [-0.05, 0) is 47.5 Å². The molecular weight excluding hydrogens is 402 g/mol. The zero-order valence-electron chi connectivity index (χ0n) is 16.9. The lowest BCUT2D eigenvalue weighted by Crippen LogP contribution is -2.26. The number of nitrogens with one attached hydrogen (secondary N) is 1. The number of nitrogen functional groups attached to an aromatic ring is 1. The number of nitrogens with two attached hydrogens (primary N) is 1. The van der Waals surface area contributed by atoms with Gasteiger partial charge in [-0.1, -0.05) is 30.3 Å². The zero-order valence-corrected chi connectivity index (χ0v) is 17.7. The van der Waals surface area contributed by atoms with E-state index in [0.717, 1.165) is 21.7 Å². The first kappa shape index (κ1) is 21.2. The summed E-state index contributed by atoms with van der Waals surface area (Å²) in [5.74, 6) is 0.00719. The molecule has 0 fully saturated rings. The van der Waals surface area contributed by atoms with Crippen LogP contribution in [0.3, 0.4) is 0 Å². The largest absolute Gasteiger partial charge is 0.496 e. The maximum absolute atomic E-state index is 12.9. The smallest absolute Gasteiger partial charge is 0.259 e. The molecule has 3 aromatic carbocycles. The van der Waals surface area contributed by atoms with Crippen LogP contribution in [0.4, 0.5) is 17.1 Å². The van der Waals surface area contributed by atoms with E-state index in [4.69, 9.17) is 10.5 Å². The van der Waals surface area contributed by atoms with E-state index in [1.807, 2.05) is 12.1 Å². The number of amides is 1. The van der Waals surface area contributed by atoms with Crippen LogP contribution in [0, 0.1) is 0 Å². The minimum absolute atomic E-state index is 0.339. The third-order valence-electron chi connectivity index (χ3n) is 4.68. The minimum atomic E-state index is -3.53. The number of hydrogen-bond acceptors (Lipinski definition) is 5. The van der Waals surface area contributed by atoms with E-state index in [1.165, 1.54) is 14.2 Å². The van der Waals surface area contributed by atoms with Gasteiger partial charge in [0.2, 0.25) is 10.0 Å². The van der Waals surface area contributed by atoms with E-state index >= 15 is 0 Å². The van der Waals surface area contributed by atoms with Crippen molar-refractivity contribution in [3.8, 4) is 16.9 Å². The number of methoxy groups -OCH3 is 1. The molecule has 0 saturated heterocycles. The Bertz CT molecular complexity index is 1180. The molecule has 0 aliphatic carbocycles. The van der Waals surface area contributed by atoms with E-state index in [1.54, 1.807) is 54.6 Å². The van der Waals surface area contributed by atoms with E-state index < -0.39 is 15.9 Å². The Morgan fingerprint density at radius 3 is 2.27 bits per heavy atom. The second kappa shape index (κ2) is 8.46. The molecule has 30 heavy (non-hydrogen) atoms. The number of carbonyl (C=O) groups is 1. The molecule has 0 saturated carbocycles. The summed E-state index contributed by atoms with van der Waals surface area (Å²) in [6, 6.07) is 19.3. The van der Waals surface area contributed by atoms with Crippen LogP contribution in [0.25, 0.3) is 11.1 Å². The lowest BCUT2D eigenvalue weighted by Gasteiger charge is -2.22. The Balaban J connectivity index is 2.07. The van der Waals surface area contributed by atoms with Crippen molar-refractivity contribution in [2.45, 2.75) is 0 Å². The number of para-hydroxylation sites is 1. The Morgan fingerprint density at radius 1 is 1.00 bits per heavy atom. The summed E-state index contributed by atoms with van der Waals surface area (Å²) in [6.45, 7) is 0. The molecule has 0 heterocycles. The number of hydrogen-bond donors (Lipinski definition) is 2. The topological polar surface area (TPSA) is 102 Å². The SMILES string of the molecule is COc1ccccc1C(=O)Nc1cc(-c2ccc(N)cc2)ccc1N(C)S(C)(=O)=O. The summed E-state index contributed by atoms with van der Waals surface area (Å²) in [6.07, 6.45) is 1.10. The minimum Gasteiger partial charge on any atom is -0.496 e. The van der Waals surface area contributed by atoms with Crippen LogP contribution in [-0.2, 0) is 10.0 Å². The molecule has 7 nitrogen and oxygen atoms in total. The van der Waals surface area contributed by atoms with Gasteiger partial charge in [-0.25, -0.2) is 8.42 Å². The molecule has 8 heteroatoms. The summed E-state index contributed by atoms with van der Waals surface area (Å²) in [5, 5.41) is 2.83. The molecule has 0 atom stereocenters. The van der Waals surface area contributed by atoms with Crippen LogP contribution in [0.1, 0.15) is 10.4 Å². The number of carbonyl (C=O) groups excluding carboxylic acids is 1. The van der Waals surface area contributed by atoms with Crippen molar-refractivity contribution >= 4 is 33.0 Å². The first-order valence-corrected chi connectivity index (χ1v) is 10.9. The summed E-state index contributed by atoms with van der Waals surface area (Å²) >= 11 is 0. The van der Waals surface area contributed by atoms with E-state index in [2.05, 4.69) is 5.32 Å². The van der Waals surface area contributed by atoms with Crippen molar-refractivity contribution in [3.05, 3.63) is 72.3 Å². The molecule has 0 radical (unpaired) electrons. The molecule has 3 N–H and O–H groups in total. The maximum atomic E-state index is 12.9. The second-order valence-corrected chi connectivity index (χ2v) is 8.75. The number of sulfonamides is 1. The van der Waals surface area contributed by atoms with Gasteiger partial charge in [0.15, 0.2) is 0 Å². The fraction of sp³-hybridized carbons (Fsp3) is 0.136.